The van der Waals surface area contributed by atoms with Gasteiger partial charge in [0.2, 0.25) is 21.8 Å². The molecule has 3 aliphatic rings. The van der Waals surface area contributed by atoms with Gasteiger partial charge in [0.15, 0.2) is 0 Å². The number of nitrogens with one attached hydrogen (secondary N) is 1. The zero-order valence-corrected chi connectivity index (χ0v) is 20.2. The molecule has 7 nitrogen and oxygen atoms in total. The van der Waals surface area contributed by atoms with Gasteiger partial charge in [-0.3, -0.25) is 9.59 Å². The Kier molecular flexibility index (Phi) is 6.63. The molecule has 1 saturated heterocycles. The van der Waals surface area contributed by atoms with E-state index >= 15 is 0 Å². The van der Waals surface area contributed by atoms with Crippen molar-refractivity contribution in [3.05, 3.63) is 23.8 Å². The first-order valence-corrected chi connectivity index (χ1v) is 13.4. The van der Waals surface area contributed by atoms with Gasteiger partial charge in [-0.1, -0.05) is 19.8 Å². The lowest BCUT2D eigenvalue weighted by molar-refractivity contribution is -0.127. The highest BCUT2D eigenvalue weighted by Crippen LogP contribution is 2.35. The fourth-order valence-electron chi connectivity index (χ4n) is 5.60. The third kappa shape index (κ3) is 4.44. The molecule has 8 heteroatoms. The zero-order valence-electron chi connectivity index (χ0n) is 19.3. The van der Waals surface area contributed by atoms with Crippen molar-refractivity contribution in [1.29, 1.82) is 0 Å². The second-order valence-corrected chi connectivity index (χ2v) is 11.7. The number of hydrogen-bond donors (Lipinski definition) is 1. The molecule has 32 heavy (non-hydrogen) atoms. The Morgan fingerprint density at radius 3 is 2.53 bits per heavy atom. The minimum absolute atomic E-state index is 0.0106. The van der Waals surface area contributed by atoms with Crippen LogP contribution in [0.15, 0.2) is 23.1 Å². The van der Waals surface area contributed by atoms with Crippen LogP contribution in [0, 0.1) is 11.8 Å². The predicted octanol–water partition coefficient (Wildman–Crippen LogP) is 3.08. The second-order valence-electron chi connectivity index (χ2n) is 9.81. The molecule has 2 amide bonds. The number of carbonyl (C=O) groups is 2. The number of carbonyl (C=O) groups excluding carboxylic acids is 2. The lowest BCUT2D eigenvalue weighted by Crippen LogP contribution is -2.49. The summed E-state index contributed by atoms with van der Waals surface area (Å²) in [6.07, 6.45) is 6.53. The summed E-state index contributed by atoms with van der Waals surface area (Å²) in [7, 11) is -3.70. The third-order valence-corrected chi connectivity index (χ3v) is 9.30. The molecule has 2 aliphatic heterocycles. The molecule has 1 aromatic rings. The average Bonchev–Trinajstić information content (AvgIpc) is 3.10. The minimum Gasteiger partial charge on any atom is -0.353 e. The highest BCUT2D eigenvalue weighted by Gasteiger charge is 2.36. The summed E-state index contributed by atoms with van der Waals surface area (Å²) >= 11 is 0. The Balaban J connectivity index is 1.48. The maximum atomic E-state index is 13.4. The largest absolute Gasteiger partial charge is 0.353 e. The first-order chi connectivity index (χ1) is 15.2. The van der Waals surface area contributed by atoms with Gasteiger partial charge in [0, 0.05) is 37.8 Å². The lowest BCUT2D eigenvalue weighted by Gasteiger charge is -2.34. The van der Waals surface area contributed by atoms with Crippen LogP contribution in [0.4, 0.5) is 5.69 Å². The molecule has 0 bridgehead atoms. The van der Waals surface area contributed by atoms with E-state index in [2.05, 4.69) is 12.2 Å². The summed E-state index contributed by atoms with van der Waals surface area (Å²) in [6.45, 7) is 6.34. The molecule has 2 fully saturated rings. The van der Waals surface area contributed by atoms with Gasteiger partial charge in [0.1, 0.15) is 0 Å². The van der Waals surface area contributed by atoms with Crippen LogP contribution in [-0.4, -0.2) is 49.7 Å². The van der Waals surface area contributed by atoms with Crippen LogP contribution in [0.5, 0.6) is 0 Å². The molecule has 4 atom stereocenters. The molecule has 176 valence electrons. The first kappa shape index (κ1) is 23.2. The number of amides is 2. The van der Waals surface area contributed by atoms with E-state index in [4.69, 9.17) is 0 Å². The van der Waals surface area contributed by atoms with E-state index < -0.39 is 10.0 Å². The highest BCUT2D eigenvalue weighted by atomic mass is 32.2. The van der Waals surface area contributed by atoms with Gasteiger partial charge in [-0.05, 0) is 68.7 Å². The molecular formula is C24H35N3O4S. The Hall–Kier alpha value is -1.93. The monoisotopic (exact) mass is 461 g/mol. The summed E-state index contributed by atoms with van der Waals surface area (Å²) in [4.78, 5) is 26.9. The Morgan fingerprint density at radius 2 is 1.81 bits per heavy atom. The molecule has 4 rings (SSSR count). The highest BCUT2D eigenvalue weighted by molar-refractivity contribution is 7.89. The molecule has 0 aromatic heterocycles. The van der Waals surface area contributed by atoms with Gasteiger partial charge in [-0.15, -0.1) is 0 Å². The quantitative estimate of drug-likeness (QED) is 0.747. The Bertz CT molecular complexity index is 993. The van der Waals surface area contributed by atoms with E-state index in [-0.39, 0.29) is 41.3 Å². The van der Waals surface area contributed by atoms with Crippen molar-refractivity contribution in [2.75, 3.05) is 18.0 Å². The molecule has 0 unspecified atom stereocenters. The van der Waals surface area contributed by atoms with Crippen molar-refractivity contribution >= 4 is 27.5 Å². The number of fused-ring (bicyclic) bond motifs is 1. The predicted molar refractivity (Wildman–Crippen MR) is 124 cm³/mol. The van der Waals surface area contributed by atoms with Crippen LogP contribution in [0.1, 0.15) is 64.9 Å². The molecule has 2 heterocycles. The van der Waals surface area contributed by atoms with E-state index in [1.807, 2.05) is 6.92 Å². The van der Waals surface area contributed by atoms with Crippen molar-refractivity contribution in [3.8, 4) is 0 Å². The molecule has 0 spiro atoms. The molecule has 1 aliphatic carbocycles. The fraction of sp³-hybridized carbons (Fsp3) is 0.667. The lowest BCUT2D eigenvalue weighted by atomic mass is 9.85. The van der Waals surface area contributed by atoms with Gasteiger partial charge >= 0.3 is 0 Å². The van der Waals surface area contributed by atoms with Crippen LogP contribution in [0.25, 0.3) is 0 Å². The Morgan fingerprint density at radius 1 is 1.06 bits per heavy atom. The van der Waals surface area contributed by atoms with Crippen molar-refractivity contribution in [1.82, 2.24) is 9.62 Å². The van der Waals surface area contributed by atoms with E-state index in [9.17, 15) is 18.0 Å². The van der Waals surface area contributed by atoms with Gasteiger partial charge in [0.25, 0.3) is 0 Å². The second kappa shape index (κ2) is 9.14. The van der Waals surface area contributed by atoms with Crippen molar-refractivity contribution in [2.24, 2.45) is 11.8 Å². The topological polar surface area (TPSA) is 86.8 Å². The van der Waals surface area contributed by atoms with Crippen LogP contribution in [-0.2, 0) is 26.0 Å². The number of rotatable bonds is 4. The molecule has 1 aromatic carbocycles. The number of sulfonamides is 1. The van der Waals surface area contributed by atoms with Crippen molar-refractivity contribution < 1.29 is 18.0 Å². The number of piperidine rings is 1. The summed E-state index contributed by atoms with van der Waals surface area (Å²) < 4.78 is 28.3. The van der Waals surface area contributed by atoms with Gasteiger partial charge in [0.05, 0.1) is 10.8 Å². The number of anilines is 1. The molecule has 0 radical (unpaired) electrons. The number of nitrogens with zero attached hydrogens (tertiary/aromatic N) is 2. The van der Waals surface area contributed by atoms with Crippen molar-refractivity contribution in [3.63, 3.8) is 0 Å². The molecule has 1 saturated carbocycles. The number of benzene rings is 1. The van der Waals surface area contributed by atoms with Crippen LogP contribution >= 0.6 is 0 Å². The van der Waals surface area contributed by atoms with Crippen LogP contribution in [0.3, 0.4) is 0 Å². The van der Waals surface area contributed by atoms with E-state index in [1.165, 1.54) is 17.6 Å². The van der Waals surface area contributed by atoms with E-state index in [1.54, 1.807) is 23.1 Å². The first-order valence-electron chi connectivity index (χ1n) is 11.9. The maximum Gasteiger partial charge on any atom is 0.243 e. The van der Waals surface area contributed by atoms with Gasteiger partial charge in [-0.25, -0.2) is 8.42 Å². The van der Waals surface area contributed by atoms with Crippen LogP contribution in [0.2, 0.25) is 0 Å². The summed E-state index contributed by atoms with van der Waals surface area (Å²) in [5.41, 5.74) is 1.67. The molecule has 1 N–H and O–H groups in total. The standard InChI is InChI=1S/C24H35N3O4S/c1-16-7-4-5-9-22(16)25-24(29)19-8-6-12-26(15-19)32(30,31)21-10-11-23-20(14-21)13-17(2)27(23)18(3)28/h10-11,14,16-17,19,22H,4-9,12-13,15H2,1-3H3,(H,25,29)/t16-,17+,19+,22-/m1/s1. The SMILES string of the molecule is CC(=O)N1c2ccc(S(=O)(=O)N3CCC[C@H](C(=O)N[C@@H]4CCCC[C@H]4C)C3)cc2C[C@@H]1C. The minimum atomic E-state index is -3.70. The smallest absolute Gasteiger partial charge is 0.243 e. The number of hydrogen-bond acceptors (Lipinski definition) is 4. The summed E-state index contributed by atoms with van der Waals surface area (Å²) in [5.74, 6) is 0.113. The van der Waals surface area contributed by atoms with E-state index in [0.717, 1.165) is 30.5 Å². The molecular weight excluding hydrogens is 426 g/mol. The van der Waals surface area contributed by atoms with E-state index in [0.29, 0.717) is 31.7 Å². The van der Waals surface area contributed by atoms with Crippen LogP contribution < -0.4 is 10.2 Å². The third-order valence-electron chi connectivity index (χ3n) is 7.44. The zero-order chi connectivity index (χ0) is 23.0. The van der Waals surface area contributed by atoms with Gasteiger partial charge < -0.3 is 10.2 Å². The Labute approximate surface area is 191 Å². The van der Waals surface area contributed by atoms with Gasteiger partial charge in [-0.2, -0.15) is 4.31 Å². The fourth-order valence-corrected chi connectivity index (χ4v) is 7.18. The average molecular weight is 462 g/mol. The summed E-state index contributed by atoms with van der Waals surface area (Å²) in [5, 5.41) is 3.21. The normalized spacial score (nSPS) is 28.9. The maximum absolute atomic E-state index is 13.4. The van der Waals surface area contributed by atoms with Crippen molar-refractivity contribution in [2.45, 2.75) is 82.7 Å². The summed E-state index contributed by atoms with van der Waals surface area (Å²) in [6, 6.07) is 5.26.